The summed E-state index contributed by atoms with van der Waals surface area (Å²) < 4.78 is 0. The number of thiol groups is 1. The lowest BCUT2D eigenvalue weighted by Gasteiger charge is -2.00. The fourth-order valence-electron chi connectivity index (χ4n) is 0.911. The van der Waals surface area contributed by atoms with E-state index >= 15 is 0 Å². The first-order valence-corrected chi connectivity index (χ1v) is 3.85. The monoisotopic (exact) mass is 191 g/mol. The van der Waals surface area contributed by atoms with Crippen LogP contribution in [0.3, 0.4) is 0 Å². The van der Waals surface area contributed by atoms with E-state index in [0.717, 1.165) is 0 Å². The molecule has 0 heterocycles. The molecule has 3 nitrogen and oxygen atoms in total. The molecular weight excluding hydrogens is 186 g/mol. The molecule has 0 saturated heterocycles. The van der Waals surface area contributed by atoms with E-state index in [-0.39, 0.29) is 11.1 Å². The zero-order valence-corrected chi connectivity index (χ0v) is 7.41. The highest BCUT2D eigenvalue weighted by atomic mass is 32.1. The van der Waals surface area contributed by atoms with Crippen LogP contribution in [0.5, 0.6) is 0 Å². The van der Waals surface area contributed by atoms with Gasteiger partial charge in [0.1, 0.15) is 0 Å². The first-order chi connectivity index (χ1) is 6.22. The molecule has 0 atom stereocenters. The quantitative estimate of drug-likeness (QED) is 0.569. The summed E-state index contributed by atoms with van der Waals surface area (Å²) in [5.74, 6) is 0. The molecule has 4 heteroatoms. The van der Waals surface area contributed by atoms with Crippen molar-refractivity contribution in [2.45, 2.75) is 4.90 Å². The third-order valence-electron chi connectivity index (χ3n) is 1.57. The van der Waals surface area contributed by atoms with E-state index in [9.17, 15) is 9.59 Å². The molecule has 1 aromatic carbocycles. The van der Waals surface area contributed by atoms with Crippen molar-refractivity contribution in [1.29, 1.82) is 5.26 Å². The van der Waals surface area contributed by atoms with Gasteiger partial charge in [-0.25, -0.2) is 0 Å². The number of benzene rings is 1. The Balaban J connectivity index is 3.45. The number of rotatable bonds is 2. The van der Waals surface area contributed by atoms with Gasteiger partial charge in [-0.15, -0.1) is 12.6 Å². The van der Waals surface area contributed by atoms with Gasteiger partial charge in [0, 0.05) is 16.0 Å². The van der Waals surface area contributed by atoms with Crippen LogP contribution < -0.4 is 0 Å². The van der Waals surface area contributed by atoms with E-state index in [2.05, 4.69) is 12.6 Å². The summed E-state index contributed by atoms with van der Waals surface area (Å²) >= 11 is 3.99. The van der Waals surface area contributed by atoms with E-state index in [4.69, 9.17) is 5.26 Å². The topological polar surface area (TPSA) is 57.9 Å². The first-order valence-electron chi connectivity index (χ1n) is 3.40. The molecule has 0 bridgehead atoms. The van der Waals surface area contributed by atoms with Crippen LogP contribution in [0.4, 0.5) is 0 Å². The number of aldehydes is 2. The molecule has 0 aliphatic carbocycles. The average Bonchev–Trinajstić information content (AvgIpc) is 2.17. The van der Waals surface area contributed by atoms with E-state index in [0.29, 0.717) is 23.0 Å². The molecule has 1 aromatic rings. The van der Waals surface area contributed by atoms with Gasteiger partial charge in [0.25, 0.3) is 0 Å². The number of nitriles is 1. The molecule has 0 fully saturated rings. The second-order valence-electron chi connectivity index (χ2n) is 2.35. The van der Waals surface area contributed by atoms with E-state index in [1.165, 1.54) is 12.1 Å². The second-order valence-corrected chi connectivity index (χ2v) is 2.83. The van der Waals surface area contributed by atoms with Crippen molar-refractivity contribution in [3.05, 3.63) is 28.8 Å². The lowest BCUT2D eigenvalue weighted by Crippen LogP contribution is -1.92. The van der Waals surface area contributed by atoms with Gasteiger partial charge in [0.15, 0.2) is 12.6 Å². The molecule has 0 spiro atoms. The van der Waals surface area contributed by atoms with Gasteiger partial charge in [0.2, 0.25) is 0 Å². The van der Waals surface area contributed by atoms with Gasteiger partial charge in [-0.1, -0.05) is 0 Å². The highest BCUT2D eigenvalue weighted by molar-refractivity contribution is 7.80. The van der Waals surface area contributed by atoms with Crippen LogP contribution in [0.25, 0.3) is 0 Å². The number of carbonyl (C=O) groups is 2. The Morgan fingerprint density at radius 3 is 2.31 bits per heavy atom. The number of nitrogens with zero attached hydrogens (tertiary/aromatic N) is 1. The SMILES string of the molecule is N#Cc1cc(S)c(C=O)cc1C=O. The van der Waals surface area contributed by atoms with Crippen molar-refractivity contribution in [2.24, 2.45) is 0 Å². The molecular formula is C9H5NO2S. The molecule has 0 radical (unpaired) electrons. The third-order valence-corrected chi connectivity index (χ3v) is 1.96. The van der Waals surface area contributed by atoms with Crippen LogP contribution in [0.15, 0.2) is 17.0 Å². The molecule has 0 N–H and O–H groups in total. The smallest absolute Gasteiger partial charge is 0.151 e. The maximum Gasteiger partial charge on any atom is 0.151 e. The maximum atomic E-state index is 10.5. The van der Waals surface area contributed by atoms with Gasteiger partial charge in [-0.2, -0.15) is 5.26 Å². The largest absolute Gasteiger partial charge is 0.298 e. The molecule has 1 rings (SSSR count). The summed E-state index contributed by atoms with van der Waals surface area (Å²) in [4.78, 5) is 21.3. The standard InChI is InChI=1S/C9H5NO2S/c10-3-6-2-9(13)8(5-12)1-7(6)4-11/h1-2,4-5,13H. The number of carbonyl (C=O) groups excluding carboxylic acids is 2. The Labute approximate surface area is 80.4 Å². The van der Waals surface area contributed by atoms with Gasteiger partial charge >= 0.3 is 0 Å². The van der Waals surface area contributed by atoms with Crippen molar-refractivity contribution in [3.63, 3.8) is 0 Å². The summed E-state index contributed by atoms with van der Waals surface area (Å²) in [5, 5.41) is 8.61. The Hall–Kier alpha value is -1.60. The highest BCUT2D eigenvalue weighted by Crippen LogP contribution is 2.17. The maximum absolute atomic E-state index is 10.5. The summed E-state index contributed by atoms with van der Waals surface area (Å²) in [7, 11) is 0. The van der Waals surface area contributed by atoms with E-state index in [1.807, 2.05) is 6.07 Å². The molecule has 0 unspecified atom stereocenters. The highest BCUT2D eigenvalue weighted by Gasteiger charge is 2.05. The van der Waals surface area contributed by atoms with Crippen LogP contribution in [0, 0.1) is 11.3 Å². The van der Waals surface area contributed by atoms with Gasteiger partial charge in [0.05, 0.1) is 11.6 Å². The van der Waals surface area contributed by atoms with E-state index < -0.39 is 0 Å². The van der Waals surface area contributed by atoms with Crippen molar-refractivity contribution >= 4 is 25.2 Å². The van der Waals surface area contributed by atoms with Crippen LogP contribution >= 0.6 is 12.6 Å². The van der Waals surface area contributed by atoms with Crippen molar-refractivity contribution in [2.75, 3.05) is 0 Å². The van der Waals surface area contributed by atoms with Crippen LogP contribution in [-0.2, 0) is 0 Å². The van der Waals surface area contributed by atoms with Crippen molar-refractivity contribution in [1.82, 2.24) is 0 Å². The van der Waals surface area contributed by atoms with Crippen LogP contribution in [0.2, 0.25) is 0 Å². The molecule has 0 aliphatic rings. The first kappa shape index (κ1) is 9.49. The lowest BCUT2D eigenvalue weighted by molar-refractivity contribution is 0.112. The summed E-state index contributed by atoms with van der Waals surface area (Å²) in [5.41, 5.74) is 0.748. The predicted molar refractivity (Wildman–Crippen MR) is 49.2 cm³/mol. The Morgan fingerprint density at radius 1 is 1.23 bits per heavy atom. The molecule has 0 aromatic heterocycles. The molecule has 13 heavy (non-hydrogen) atoms. The zero-order chi connectivity index (χ0) is 9.84. The average molecular weight is 191 g/mol. The Morgan fingerprint density at radius 2 is 1.85 bits per heavy atom. The summed E-state index contributed by atoms with van der Waals surface area (Å²) in [6.07, 6.45) is 1.13. The second kappa shape index (κ2) is 3.87. The van der Waals surface area contributed by atoms with Gasteiger partial charge < -0.3 is 0 Å². The predicted octanol–water partition coefficient (Wildman–Crippen LogP) is 1.47. The molecule has 64 valence electrons. The van der Waals surface area contributed by atoms with Gasteiger partial charge in [-0.05, 0) is 12.1 Å². The van der Waals surface area contributed by atoms with E-state index in [1.54, 1.807) is 0 Å². The van der Waals surface area contributed by atoms with Crippen LogP contribution in [0.1, 0.15) is 26.3 Å². The fourth-order valence-corrected chi connectivity index (χ4v) is 1.16. The Bertz CT molecular complexity index is 407. The molecule has 0 saturated carbocycles. The van der Waals surface area contributed by atoms with Crippen LogP contribution in [-0.4, -0.2) is 12.6 Å². The Kier molecular flexibility index (Phi) is 2.83. The minimum atomic E-state index is 0.211. The fraction of sp³-hybridized carbons (Fsp3) is 0. The summed E-state index contributed by atoms with van der Waals surface area (Å²) in [6, 6.07) is 4.59. The zero-order valence-electron chi connectivity index (χ0n) is 6.52. The van der Waals surface area contributed by atoms with Gasteiger partial charge in [-0.3, -0.25) is 9.59 Å². The minimum absolute atomic E-state index is 0.211. The normalized spacial score (nSPS) is 8.92. The summed E-state index contributed by atoms with van der Waals surface area (Å²) in [6.45, 7) is 0. The number of hydrogen-bond donors (Lipinski definition) is 1. The number of hydrogen-bond acceptors (Lipinski definition) is 4. The lowest BCUT2D eigenvalue weighted by atomic mass is 10.1. The third kappa shape index (κ3) is 1.76. The van der Waals surface area contributed by atoms with Crippen molar-refractivity contribution < 1.29 is 9.59 Å². The van der Waals surface area contributed by atoms with Crippen molar-refractivity contribution in [3.8, 4) is 6.07 Å². The molecule has 0 amide bonds. The minimum Gasteiger partial charge on any atom is -0.298 e. The molecule has 0 aliphatic heterocycles.